The summed E-state index contributed by atoms with van der Waals surface area (Å²) in [6.45, 7) is 0.597. The van der Waals surface area contributed by atoms with E-state index in [9.17, 15) is 4.79 Å². The van der Waals surface area contributed by atoms with E-state index < -0.39 is 0 Å². The molecule has 1 fully saturated rings. The van der Waals surface area contributed by atoms with Gasteiger partial charge in [-0.15, -0.1) is 11.3 Å². The zero-order chi connectivity index (χ0) is 21.4. The minimum absolute atomic E-state index is 0.143. The molecule has 3 aromatic heterocycles. The summed E-state index contributed by atoms with van der Waals surface area (Å²) in [4.78, 5) is 17.5. The van der Waals surface area contributed by atoms with E-state index in [0.29, 0.717) is 18.0 Å². The number of thiazole rings is 1. The van der Waals surface area contributed by atoms with Crippen LogP contribution in [-0.2, 0) is 11.8 Å². The topological polar surface area (TPSA) is 124 Å². The molecular formula is C21H23N7O2S. The predicted octanol–water partition coefficient (Wildman–Crippen LogP) is 3.24. The zero-order valence-electron chi connectivity index (χ0n) is 17.0. The number of fused-ring (bicyclic) bond motifs is 1. The van der Waals surface area contributed by atoms with Crippen molar-refractivity contribution < 1.29 is 9.53 Å². The Morgan fingerprint density at radius 2 is 2.23 bits per heavy atom. The van der Waals surface area contributed by atoms with Crippen molar-refractivity contribution in [3.63, 3.8) is 0 Å². The maximum absolute atomic E-state index is 13.0. The van der Waals surface area contributed by atoms with Gasteiger partial charge in [-0.25, -0.2) is 4.98 Å². The highest BCUT2D eigenvalue weighted by Crippen LogP contribution is 2.33. The molecule has 2 unspecified atom stereocenters. The standard InChI is InChI=1S/C21H23N7O2S/c1-28-19(18-6-5-12(22)7-8-30-18)16(10-24-28)25-20(29)17-11-31-21(26-17)13-3-2-4-15-14(13)9-23-27-15/h2-4,9-12,18H,5-8,22H2,1H3,(H,23,27)(H,25,29). The number of nitrogens with two attached hydrogens (primary N) is 1. The summed E-state index contributed by atoms with van der Waals surface area (Å²) in [5.74, 6) is -0.276. The van der Waals surface area contributed by atoms with Crippen molar-refractivity contribution in [1.29, 1.82) is 0 Å². The lowest BCUT2D eigenvalue weighted by atomic mass is 10.1. The number of rotatable bonds is 4. The molecule has 0 bridgehead atoms. The summed E-state index contributed by atoms with van der Waals surface area (Å²) in [5, 5.41) is 17.9. The molecule has 1 aliphatic heterocycles. The molecule has 0 saturated carbocycles. The van der Waals surface area contributed by atoms with Gasteiger partial charge in [0.2, 0.25) is 0 Å². The summed E-state index contributed by atoms with van der Waals surface area (Å²) in [6, 6.07) is 6.02. The van der Waals surface area contributed by atoms with Crippen LogP contribution in [0.1, 0.15) is 41.5 Å². The number of H-pyrrole nitrogens is 1. The van der Waals surface area contributed by atoms with Crippen LogP contribution in [0.5, 0.6) is 0 Å². The Balaban J connectivity index is 1.38. The molecule has 4 aromatic rings. The van der Waals surface area contributed by atoms with Crippen LogP contribution in [0.2, 0.25) is 0 Å². The number of benzene rings is 1. The number of carbonyl (C=O) groups is 1. The van der Waals surface area contributed by atoms with Gasteiger partial charge < -0.3 is 15.8 Å². The number of carbonyl (C=O) groups excluding carboxylic acids is 1. The van der Waals surface area contributed by atoms with Gasteiger partial charge in [-0.3, -0.25) is 14.6 Å². The van der Waals surface area contributed by atoms with E-state index in [0.717, 1.165) is 46.4 Å². The third kappa shape index (κ3) is 3.85. The van der Waals surface area contributed by atoms with Crippen LogP contribution < -0.4 is 11.1 Å². The molecule has 1 aliphatic rings. The third-order valence-electron chi connectivity index (χ3n) is 5.60. The van der Waals surface area contributed by atoms with E-state index in [4.69, 9.17) is 10.5 Å². The third-order valence-corrected chi connectivity index (χ3v) is 6.47. The fourth-order valence-corrected chi connectivity index (χ4v) is 4.78. The molecule has 160 valence electrons. The van der Waals surface area contributed by atoms with Crippen molar-refractivity contribution in [2.45, 2.75) is 31.4 Å². The molecule has 31 heavy (non-hydrogen) atoms. The molecule has 1 saturated heterocycles. The summed E-state index contributed by atoms with van der Waals surface area (Å²) in [6.07, 6.45) is 5.77. The molecule has 9 nitrogen and oxygen atoms in total. The highest BCUT2D eigenvalue weighted by Gasteiger charge is 2.26. The van der Waals surface area contributed by atoms with E-state index in [-0.39, 0.29) is 18.1 Å². The van der Waals surface area contributed by atoms with Gasteiger partial charge in [-0.1, -0.05) is 12.1 Å². The number of anilines is 1. The molecule has 1 amide bonds. The van der Waals surface area contributed by atoms with E-state index >= 15 is 0 Å². The van der Waals surface area contributed by atoms with Crippen LogP contribution >= 0.6 is 11.3 Å². The smallest absolute Gasteiger partial charge is 0.275 e. The SMILES string of the molecule is Cn1ncc(NC(=O)c2csc(-c3cccc4[nH]ncc34)n2)c1C1CCC(N)CCO1. The number of amides is 1. The molecular weight excluding hydrogens is 414 g/mol. The Kier molecular flexibility index (Phi) is 5.26. The lowest BCUT2D eigenvalue weighted by Gasteiger charge is -2.17. The number of aryl methyl sites for hydroxylation is 1. The van der Waals surface area contributed by atoms with E-state index in [1.165, 1.54) is 11.3 Å². The molecule has 0 radical (unpaired) electrons. The normalized spacial score (nSPS) is 19.4. The quantitative estimate of drug-likeness (QED) is 0.450. The average Bonchev–Trinajstić information content (AvgIpc) is 3.48. The molecule has 0 spiro atoms. The van der Waals surface area contributed by atoms with Crippen molar-refractivity contribution in [2.75, 3.05) is 11.9 Å². The van der Waals surface area contributed by atoms with Crippen molar-refractivity contribution >= 4 is 33.8 Å². The number of hydrogen-bond acceptors (Lipinski definition) is 7. The fourth-order valence-electron chi connectivity index (χ4n) is 3.94. The molecule has 4 N–H and O–H groups in total. The van der Waals surface area contributed by atoms with Crippen LogP contribution in [-0.4, -0.2) is 43.5 Å². The number of nitrogens with zero attached hydrogens (tertiary/aromatic N) is 4. The Hall–Kier alpha value is -3.08. The summed E-state index contributed by atoms with van der Waals surface area (Å²) in [5.41, 5.74) is 9.80. The van der Waals surface area contributed by atoms with Gasteiger partial charge in [0.1, 0.15) is 16.8 Å². The zero-order valence-corrected chi connectivity index (χ0v) is 17.9. The lowest BCUT2D eigenvalue weighted by molar-refractivity contribution is 0.0529. The molecule has 2 atom stereocenters. The number of hydrogen-bond donors (Lipinski definition) is 3. The van der Waals surface area contributed by atoms with Crippen LogP contribution in [0.3, 0.4) is 0 Å². The van der Waals surface area contributed by atoms with Crippen LogP contribution in [0.15, 0.2) is 36.0 Å². The first kappa shape index (κ1) is 19.9. The minimum Gasteiger partial charge on any atom is -0.372 e. The van der Waals surface area contributed by atoms with Gasteiger partial charge in [0, 0.05) is 36.0 Å². The fraction of sp³-hybridized carbons (Fsp3) is 0.333. The van der Waals surface area contributed by atoms with Crippen LogP contribution in [0.4, 0.5) is 5.69 Å². The summed E-state index contributed by atoms with van der Waals surface area (Å²) in [7, 11) is 1.85. The summed E-state index contributed by atoms with van der Waals surface area (Å²) < 4.78 is 7.76. The second kappa shape index (κ2) is 8.22. The molecule has 0 aliphatic carbocycles. The highest BCUT2D eigenvalue weighted by molar-refractivity contribution is 7.13. The van der Waals surface area contributed by atoms with Crippen LogP contribution in [0, 0.1) is 0 Å². The van der Waals surface area contributed by atoms with Crippen molar-refractivity contribution in [1.82, 2.24) is 25.0 Å². The highest BCUT2D eigenvalue weighted by atomic mass is 32.1. The van der Waals surface area contributed by atoms with Crippen molar-refractivity contribution in [3.05, 3.63) is 47.4 Å². The molecule has 4 heterocycles. The van der Waals surface area contributed by atoms with Crippen molar-refractivity contribution in [3.8, 4) is 10.6 Å². The second-order valence-electron chi connectivity index (χ2n) is 7.68. The van der Waals surface area contributed by atoms with Crippen molar-refractivity contribution in [2.24, 2.45) is 12.8 Å². The first-order valence-corrected chi connectivity index (χ1v) is 11.1. The molecule has 1 aromatic carbocycles. The maximum Gasteiger partial charge on any atom is 0.275 e. The molecule has 10 heteroatoms. The maximum atomic E-state index is 13.0. The Bertz CT molecular complexity index is 1230. The van der Waals surface area contributed by atoms with Crippen LogP contribution in [0.25, 0.3) is 21.5 Å². The Labute approximate surface area is 182 Å². The number of ether oxygens (including phenoxy) is 1. The number of aromatic nitrogens is 5. The number of aromatic amines is 1. The Morgan fingerprint density at radius 3 is 3.13 bits per heavy atom. The monoisotopic (exact) mass is 437 g/mol. The number of nitrogens with one attached hydrogen (secondary N) is 2. The Morgan fingerprint density at radius 1 is 1.32 bits per heavy atom. The van der Waals surface area contributed by atoms with Gasteiger partial charge in [0.15, 0.2) is 0 Å². The molecule has 5 rings (SSSR count). The first-order chi connectivity index (χ1) is 15.1. The second-order valence-corrected chi connectivity index (χ2v) is 8.54. The first-order valence-electron chi connectivity index (χ1n) is 10.2. The predicted molar refractivity (Wildman–Crippen MR) is 119 cm³/mol. The lowest BCUT2D eigenvalue weighted by Crippen LogP contribution is -2.19. The van der Waals surface area contributed by atoms with E-state index in [1.807, 2.05) is 25.2 Å². The largest absolute Gasteiger partial charge is 0.372 e. The van der Waals surface area contributed by atoms with Gasteiger partial charge in [0.05, 0.1) is 29.3 Å². The average molecular weight is 438 g/mol. The van der Waals surface area contributed by atoms with Gasteiger partial charge in [-0.2, -0.15) is 10.2 Å². The van der Waals surface area contributed by atoms with Gasteiger partial charge >= 0.3 is 0 Å². The van der Waals surface area contributed by atoms with Gasteiger partial charge in [0.25, 0.3) is 5.91 Å². The minimum atomic E-state index is -0.276. The van der Waals surface area contributed by atoms with E-state index in [1.54, 1.807) is 22.5 Å². The van der Waals surface area contributed by atoms with Gasteiger partial charge in [-0.05, 0) is 25.3 Å². The summed E-state index contributed by atoms with van der Waals surface area (Å²) >= 11 is 1.43. The van der Waals surface area contributed by atoms with E-state index in [2.05, 4.69) is 25.6 Å².